The summed E-state index contributed by atoms with van der Waals surface area (Å²) in [5.41, 5.74) is 0.771. The van der Waals surface area contributed by atoms with E-state index < -0.39 is 0 Å². The number of benzene rings is 1. The van der Waals surface area contributed by atoms with E-state index in [9.17, 15) is 4.39 Å². The fourth-order valence-electron chi connectivity index (χ4n) is 2.28. The zero-order chi connectivity index (χ0) is 10.0. The molecule has 1 aliphatic heterocycles. The molecule has 2 heteroatoms. The molecule has 1 aliphatic rings. The predicted molar refractivity (Wildman–Crippen MR) is 55.6 cm³/mol. The fourth-order valence-corrected chi connectivity index (χ4v) is 2.28. The van der Waals surface area contributed by atoms with Crippen LogP contribution in [0.1, 0.15) is 31.7 Å². The van der Waals surface area contributed by atoms with Crippen LogP contribution >= 0.6 is 0 Å². The van der Waals surface area contributed by atoms with Gasteiger partial charge >= 0.3 is 0 Å². The lowest BCUT2D eigenvalue weighted by Gasteiger charge is -2.44. The van der Waals surface area contributed by atoms with Crippen LogP contribution in [0.15, 0.2) is 24.3 Å². The number of nitrogens with one attached hydrogen (secondary N) is 1. The molecule has 1 fully saturated rings. The van der Waals surface area contributed by atoms with Crippen molar-refractivity contribution in [3.05, 3.63) is 35.6 Å². The zero-order valence-corrected chi connectivity index (χ0v) is 8.52. The molecule has 1 saturated heterocycles. The first-order valence-corrected chi connectivity index (χ1v) is 5.28. The third-order valence-corrected chi connectivity index (χ3v) is 3.08. The second-order valence-corrected chi connectivity index (χ2v) is 3.99. The molecule has 0 bridgehead atoms. The Morgan fingerprint density at radius 3 is 2.64 bits per heavy atom. The van der Waals surface area contributed by atoms with E-state index in [-0.39, 0.29) is 11.4 Å². The molecule has 76 valence electrons. The number of hydrogen-bond donors (Lipinski definition) is 1. The minimum Gasteiger partial charge on any atom is -0.307 e. The van der Waals surface area contributed by atoms with Crippen LogP contribution in [0.25, 0.3) is 0 Å². The van der Waals surface area contributed by atoms with Crippen LogP contribution in [-0.4, -0.2) is 6.54 Å². The van der Waals surface area contributed by atoms with E-state index in [0.29, 0.717) is 0 Å². The highest BCUT2D eigenvalue weighted by atomic mass is 19.1. The van der Waals surface area contributed by atoms with Gasteiger partial charge in [-0.3, -0.25) is 0 Å². The van der Waals surface area contributed by atoms with E-state index in [1.807, 2.05) is 12.1 Å². The highest BCUT2D eigenvalue weighted by Crippen LogP contribution is 2.36. The third kappa shape index (κ3) is 1.44. The maximum absolute atomic E-state index is 13.6. The van der Waals surface area contributed by atoms with Crippen molar-refractivity contribution in [2.75, 3.05) is 6.54 Å². The minimum absolute atomic E-state index is 0.0694. The second kappa shape index (κ2) is 3.70. The average molecular weight is 193 g/mol. The molecule has 0 saturated carbocycles. The molecule has 1 heterocycles. The van der Waals surface area contributed by atoms with Crippen molar-refractivity contribution >= 4 is 0 Å². The SMILES string of the molecule is CCCC1(c2ccccc2F)CCN1. The van der Waals surface area contributed by atoms with Crippen LogP contribution in [0.2, 0.25) is 0 Å². The topological polar surface area (TPSA) is 12.0 Å². The molecule has 0 radical (unpaired) electrons. The summed E-state index contributed by atoms with van der Waals surface area (Å²) >= 11 is 0. The van der Waals surface area contributed by atoms with Crippen LogP contribution in [-0.2, 0) is 5.54 Å². The summed E-state index contributed by atoms with van der Waals surface area (Å²) in [4.78, 5) is 0. The average Bonchev–Trinajstić information content (AvgIpc) is 2.13. The van der Waals surface area contributed by atoms with Crippen LogP contribution in [0.4, 0.5) is 4.39 Å². The lowest BCUT2D eigenvalue weighted by atomic mass is 9.77. The molecule has 1 N–H and O–H groups in total. The molecule has 1 atom stereocenters. The minimum atomic E-state index is -0.0758. The number of halogens is 1. The molecule has 1 nitrogen and oxygen atoms in total. The molecule has 1 unspecified atom stereocenters. The van der Waals surface area contributed by atoms with Crippen molar-refractivity contribution in [2.45, 2.75) is 31.7 Å². The summed E-state index contributed by atoms with van der Waals surface area (Å²) in [6.45, 7) is 3.15. The molecule has 0 aromatic heterocycles. The number of hydrogen-bond acceptors (Lipinski definition) is 1. The zero-order valence-electron chi connectivity index (χ0n) is 8.52. The van der Waals surface area contributed by atoms with Gasteiger partial charge in [0, 0.05) is 11.1 Å². The van der Waals surface area contributed by atoms with E-state index in [1.165, 1.54) is 0 Å². The predicted octanol–water partition coefficient (Wildman–Crippen LogP) is 2.81. The van der Waals surface area contributed by atoms with Crippen molar-refractivity contribution in [2.24, 2.45) is 0 Å². The van der Waals surface area contributed by atoms with E-state index in [1.54, 1.807) is 12.1 Å². The Balaban J connectivity index is 2.32. The van der Waals surface area contributed by atoms with E-state index in [2.05, 4.69) is 12.2 Å². The largest absolute Gasteiger partial charge is 0.307 e. The van der Waals surface area contributed by atoms with Gasteiger partial charge in [0.1, 0.15) is 5.82 Å². The highest BCUT2D eigenvalue weighted by molar-refractivity contribution is 5.28. The van der Waals surface area contributed by atoms with Crippen LogP contribution < -0.4 is 5.32 Å². The van der Waals surface area contributed by atoms with Gasteiger partial charge in [-0.25, -0.2) is 4.39 Å². The lowest BCUT2D eigenvalue weighted by Crippen LogP contribution is -2.54. The Kier molecular flexibility index (Phi) is 2.55. The first kappa shape index (κ1) is 9.66. The summed E-state index contributed by atoms with van der Waals surface area (Å²) < 4.78 is 13.6. The Bertz CT molecular complexity index is 318. The Morgan fingerprint density at radius 2 is 2.14 bits per heavy atom. The molecule has 1 aromatic rings. The molecule has 2 rings (SSSR count). The fraction of sp³-hybridized carbons (Fsp3) is 0.500. The maximum atomic E-state index is 13.6. The molecule has 14 heavy (non-hydrogen) atoms. The summed E-state index contributed by atoms with van der Waals surface area (Å²) in [5, 5.41) is 3.38. The Hall–Kier alpha value is -0.890. The van der Waals surface area contributed by atoms with Crippen molar-refractivity contribution < 1.29 is 4.39 Å². The van der Waals surface area contributed by atoms with Crippen molar-refractivity contribution in [3.8, 4) is 0 Å². The van der Waals surface area contributed by atoms with Crippen LogP contribution in [0.5, 0.6) is 0 Å². The molecule has 0 amide bonds. The van der Waals surface area contributed by atoms with Gasteiger partial charge in [0.25, 0.3) is 0 Å². The van der Waals surface area contributed by atoms with Crippen LogP contribution in [0.3, 0.4) is 0 Å². The van der Waals surface area contributed by atoms with Crippen molar-refractivity contribution in [1.82, 2.24) is 5.32 Å². The van der Waals surface area contributed by atoms with Gasteiger partial charge in [-0.2, -0.15) is 0 Å². The molecular formula is C12H16FN. The van der Waals surface area contributed by atoms with E-state index in [0.717, 1.165) is 31.4 Å². The first-order chi connectivity index (χ1) is 6.78. The Labute approximate surface area is 84.3 Å². The van der Waals surface area contributed by atoms with Crippen molar-refractivity contribution in [3.63, 3.8) is 0 Å². The first-order valence-electron chi connectivity index (χ1n) is 5.28. The van der Waals surface area contributed by atoms with Gasteiger partial charge in [0.15, 0.2) is 0 Å². The Morgan fingerprint density at radius 1 is 1.43 bits per heavy atom. The normalized spacial score (nSPS) is 25.9. The smallest absolute Gasteiger partial charge is 0.128 e. The number of rotatable bonds is 3. The second-order valence-electron chi connectivity index (χ2n) is 3.99. The van der Waals surface area contributed by atoms with Gasteiger partial charge in [0.05, 0.1) is 0 Å². The molecular weight excluding hydrogens is 177 g/mol. The van der Waals surface area contributed by atoms with Gasteiger partial charge in [0.2, 0.25) is 0 Å². The molecule has 1 aromatic carbocycles. The summed E-state index contributed by atoms with van der Waals surface area (Å²) in [7, 11) is 0. The molecule has 0 aliphatic carbocycles. The van der Waals surface area contributed by atoms with Gasteiger partial charge < -0.3 is 5.32 Å². The monoisotopic (exact) mass is 193 g/mol. The lowest BCUT2D eigenvalue weighted by molar-refractivity contribution is 0.185. The third-order valence-electron chi connectivity index (χ3n) is 3.08. The summed E-state index contributed by atoms with van der Waals surface area (Å²) in [6, 6.07) is 7.11. The van der Waals surface area contributed by atoms with E-state index in [4.69, 9.17) is 0 Å². The standard InChI is InChI=1S/C12H16FN/c1-2-7-12(8-9-14-12)10-5-3-4-6-11(10)13/h3-6,14H,2,7-9H2,1H3. The van der Waals surface area contributed by atoms with E-state index >= 15 is 0 Å². The highest BCUT2D eigenvalue weighted by Gasteiger charge is 2.38. The quantitative estimate of drug-likeness (QED) is 0.778. The summed E-state index contributed by atoms with van der Waals surface area (Å²) in [5.74, 6) is -0.0758. The van der Waals surface area contributed by atoms with Gasteiger partial charge in [-0.15, -0.1) is 0 Å². The maximum Gasteiger partial charge on any atom is 0.128 e. The van der Waals surface area contributed by atoms with Gasteiger partial charge in [-0.1, -0.05) is 31.5 Å². The van der Waals surface area contributed by atoms with Gasteiger partial charge in [-0.05, 0) is 25.5 Å². The summed E-state index contributed by atoms with van der Waals surface area (Å²) in [6.07, 6.45) is 3.16. The van der Waals surface area contributed by atoms with Crippen molar-refractivity contribution in [1.29, 1.82) is 0 Å². The van der Waals surface area contributed by atoms with Crippen LogP contribution in [0, 0.1) is 5.82 Å². The molecule has 0 spiro atoms.